The van der Waals surface area contributed by atoms with Crippen LogP contribution < -0.4 is 10.1 Å². The Morgan fingerprint density at radius 2 is 2.33 bits per heavy atom. The highest BCUT2D eigenvalue weighted by molar-refractivity contribution is 9.10. The molecule has 1 amide bonds. The molecule has 1 heterocycles. The highest BCUT2D eigenvalue weighted by Gasteiger charge is 2.19. The average molecular weight is 272 g/mol. The molecule has 0 saturated carbocycles. The zero-order chi connectivity index (χ0) is 10.8. The first-order valence-electron chi connectivity index (χ1n) is 4.56. The lowest BCUT2D eigenvalue weighted by atomic mass is 10.1. The van der Waals surface area contributed by atoms with Crippen LogP contribution in [0.3, 0.4) is 0 Å². The van der Waals surface area contributed by atoms with Gasteiger partial charge in [-0.1, -0.05) is 0 Å². The van der Waals surface area contributed by atoms with Crippen molar-refractivity contribution < 1.29 is 14.6 Å². The summed E-state index contributed by atoms with van der Waals surface area (Å²) in [6.45, 7) is 0.851. The van der Waals surface area contributed by atoms with Gasteiger partial charge in [-0.2, -0.15) is 0 Å². The molecule has 0 atom stereocenters. The van der Waals surface area contributed by atoms with Gasteiger partial charge in [-0.15, -0.1) is 0 Å². The SMILES string of the molecule is O=C1NCCOc2c(Br)cc(CO)cc21. The van der Waals surface area contributed by atoms with Crippen LogP contribution in [0.25, 0.3) is 0 Å². The van der Waals surface area contributed by atoms with Gasteiger partial charge in [-0.05, 0) is 33.6 Å². The summed E-state index contributed by atoms with van der Waals surface area (Å²) in [5.41, 5.74) is 1.15. The predicted octanol–water partition coefficient (Wildman–Crippen LogP) is 1.06. The smallest absolute Gasteiger partial charge is 0.255 e. The number of aliphatic hydroxyl groups is 1. The van der Waals surface area contributed by atoms with E-state index in [2.05, 4.69) is 21.2 Å². The fourth-order valence-electron chi connectivity index (χ4n) is 1.47. The number of amides is 1. The molecule has 1 aliphatic heterocycles. The first-order chi connectivity index (χ1) is 7.22. The molecule has 4 nitrogen and oxygen atoms in total. The Morgan fingerprint density at radius 3 is 3.07 bits per heavy atom. The van der Waals surface area contributed by atoms with Crippen molar-refractivity contribution in [3.63, 3.8) is 0 Å². The maximum absolute atomic E-state index is 11.6. The lowest BCUT2D eigenvalue weighted by Gasteiger charge is -2.09. The van der Waals surface area contributed by atoms with E-state index in [0.717, 1.165) is 0 Å². The molecule has 2 N–H and O–H groups in total. The molecule has 0 bridgehead atoms. The first-order valence-corrected chi connectivity index (χ1v) is 5.36. The topological polar surface area (TPSA) is 58.6 Å². The second-order valence-corrected chi connectivity index (χ2v) is 4.07. The van der Waals surface area contributed by atoms with Crippen LogP contribution in [-0.2, 0) is 6.61 Å². The van der Waals surface area contributed by atoms with Gasteiger partial charge >= 0.3 is 0 Å². The number of fused-ring (bicyclic) bond motifs is 1. The lowest BCUT2D eigenvalue weighted by Crippen LogP contribution is -2.24. The molecule has 0 aliphatic carbocycles. The van der Waals surface area contributed by atoms with Gasteiger partial charge in [0, 0.05) is 0 Å². The van der Waals surface area contributed by atoms with Crippen molar-refractivity contribution in [3.8, 4) is 5.75 Å². The summed E-state index contributed by atoms with van der Waals surface area (Å²) in [6.07, 6.45) is 0. The molecule has 0 saturated heterocycles. The Morgan fingerprint density at radius 1 is 1.53 bits per heavy atom. The number of aliphatic hydroxyl groups excluding tert-OH is 1. The zero-order valence-corrected chi connectivity index (χ0v) is 9.50. The lowest BCUT2D eigenvalue weighted by molar-refractivity contribution is 0.0957. The van der Waals surface area contributed by atoms with Gasteiger partial charge in [-0.3, -0.25) is 4.79 Å². The van der Waals surface area contributed by atoms with Crippen molar-refractivity contribution in [3.05, 3.63) is 27.7 Å². The van der Waals surface area contributed by atoms with Gasteiger partial charge in [0.05, 0.1) is 23.2 Å². The molecule has 1 aliphatic rings. The maximum atomic E-state index is 11.6. The molecule has 0 radical (unpaired) electrons. The van der Waals surface area contributed by atoms with Gasteiger partial charge in [0.25, 0.3) is 5.91 Å². The fourth-order valence-corrected chi connectivity index (χ4v) is 2.09. The molecule has 0 unspecified atom stereocenters. The second kappa shape index (κ2) is 4.20. The standard InChI is InChI=1S/C10H10BrNO3/c11-8-4-6(5-13)3-7-9(8)15-2-1-12-10(7)14/h3-4,13H,1-2,5H2,(H,12,14). The van der Waals surface area contributed by atoms with E-state index in [1.54, 1.807) is 12.1 Å². The molecule has 0 aromatic heterocycles. The Hall–Kier alpha value is -1.07. The summed E-state index contributed by atoms with van der Waals surface area (Å²) in [6, 6.07) is 3.39. The number of carbonyl (C=O) groups is 1. The minimum Gasteiger partial charge on any atom is -0.490 e. The molecule has 15 heavy (non-hydrogen) atoms. The van der Waals surface area contributed by atoms with Crippen LogP contribution in [0.5, 0.6) is 5.75 Å². The van der Waals surface area contributed by atoms with E-state index in [-0.39, 0.29) is 12.5 Å². The average Bonchev–Trinajstić information content (AvgIpc) is 2.41. The van der Waals surface area contributed by atoms with Crippen LogP contribution in [0.2, 0.25) is 0 Å². The van der Waals surface area contributed by atoms with Gasteiger partial charge in [0.15, 0.2) is 0 Å². The molecule has 1 aromatic carbocycles. The monoisotopic (exact) mass is 271 g/mol. The zero-order valence-electron chi connectivity index (χ0n) is 7.92. The van der Waals surface area contributed by atoms with Crippen molar-refractivity contribution in [1.29, 1.82) is 0 Å². The first kappa shape index (κ1) is 10.4. The van der Waals surface area contributed by atoms with Gasteiger partial charge < -0.3 is 15.2 Å². The largest absolute Gasteiger partial charge is 0.490 e. The predicted molar refractivity (Wildman–Crippen MR) is 57.9 cm³/mol. The van der Waals surface area contributed by atoms with E-state index in [4.69, 9.17) is 9.84 Å². The second-order valence-electron chi connectivity index (χ2n) is 3.22. The summed E-state index contributed by atoms with van der Waals surface area (Å²) < 4.78 is 6.13. The number of hydrogen-bond acceptors (Lipinski definition) is 3. The third kappa shape index (κ3) is 1.98. The third-order valence-corrected chi connectivity index (χ3v) is 2.75. The Kier molecular flexibility index (Phi) is 2.93. The van der Waals surface area contributed by atoms with Crippen LogP contribution in [-0.4, -0.2) is 24.2 Å². The Balaban J connectivity index is 2.55. The van der Waals surface area contributed by atoms with Gasteiger partial charge in [0.1, 0.15) is 12.4 Å². The highest BCUT2D eigenvalue weighted by Crippen LogP contribution is 2.31. The van der Waals surface area contributed by atoms with E-state index >= 15 is 0 Å². The number of hydrogen-bond donors (Lipinski definition) is 2. The molecule has 1 aromatic rings. The minimum atomic E-state index is -0.168. The molecular formula is C10H10BrNO3. The van der Waals surface area contributed by atoms with E-state index in [9.17, 15) is 4.79 Å². The molecular weight excluding hydrogens is 262 g/mol. The van der Waals surface area contributed by atoms with Crippen molar-refractivity contribution in [2.45, 2.75) is 6.61 Å². The highest BCUT2D eigenvalue weighted by atomic mass is 79.9. The van der Waals surface area contributed by atoms with E-state index < -0.39 is 0 Å². The van der Waals surface area contributed by atoms with Crippen LogP contribution in [0.4, 0.5) is 0 Å². The van der Waals surface area contributed by atoms with E-state index in [1.807, 2.05) is 0 Å². The summed E-state index contributed by atoms with van der Waals surface area (Å²) in [5, 5.41) is 11.7. The molecule has 2 rings (SSSR count). The molecule has 0 spiro atoms. The number of rotatable bonds is 1. The minimum absolute atomic E-state index is 0.0981. The van der Waals surface area contributed by atoms with Crippen molar-refractivity contribution in [1.82, 2.24) is 5.32 Å². The Bertz CT molecular complexity index is 406. The number of ether oxygens (including phenoxy) is 1. The summed E-state index contributed by atoms with van der Waals surface area (Å²) in [5.74, 6) is 0.376. The Labute approximate surface area is 95.4 Å². The van der Waals surface area contributed by atoms with Crippen LogP contribution in [0.1, 0.15) is 15.9 Å². The summed E-state index contributed by atoms with van der Waals surface area (Å²) in [4.78, 5) is 11.6. The van der Waals surface area contributed by atoms with Crippen molar-refractivity contribution >= 4 is 21.8 Å². The third-order valence-electron chi connectivity index (χ3n) is 2.16. The number of nitrogens with one attached hydrogen (secondary N) is 1. The maximum Gasteiger partial charge on any atom is 0.255 e. The number of benzene rings is 1. The van der Waals surface area contributed by atoms with Gasteiger partial charge in [-0.25, -0.2) is 0 Å². The van der Waals surface area contributed by atoms with Crippen molar-refractivity contribution in [2.24, 2.45) is 0 Å². The number of carbonyl (C=O) groups excluding carboxylic acids is 1. The van der Waals surface area contributed by atoms with E-state index in [1.165, 1.54) is 0 Å². The summed E-state index contributed by atoms with van der Waals surface area (Å²) in [7, 11) is 0. The van der Waals surface area contributed by atoms with Crippen LogP contribution >= 0.6 is 15.9 Å². The number of halogens is 1. The van der Waals surface area contributed by atoms with Gasteiger partial charge in [0.2, 0.25) is 0 Å². The summed E-state index contributed by atoms with van der Waals surface area (Å²) >= 11 is 3.32. The van der Waals surface area contributed by atoms with Crippen LogP contribution in [0.15, 0.2) is 16.6 Å². The molecule has 0 fully saturated rings. The normalized spacial score (nSPS) is 14.9. The van der Waals surface area contributed by atoms with Crippen LogP contribution in [0, 0.1) is 0 Å². The molecule has 80 valence electrons. The van der Waals surface area contributed by atoms with Crippen molar-refractivity contribution in [2.75, 3.05) is 13.2 Å². The quantitative estimate of drug-likeness (QED) is 0.803. The van der Waals surface area contributed by atoms with E-state index in [0.29, 0.717) is 34.5 Å². The fraction of sp³-hybridized carbons (Fsp3) is 0.300. The molecule has 5 heteroatoms.